The van der Waals surface area contributed by atoms with Crippen LogP contribution in [0.5, 0.6) is 11.6 Å². The summed E-state index contributed by atoms with van der Waals surface area (Å²) < 4.78 is 17.0. The molecule has 2 atom stereocenters. The van der Waals surface area contributed by atoms with E-state index in [1.807, 2.05) is 32.0 Å². The van der Waals surface area contributed by atoms with Crippen LogP contribution in [0.1, 0.15) is 68.2 Å². The van der Waals surface area contributed by atoms with Gasteiger partial charge in [0.05, 0.1) is 19.1 Å². The van der Waals surface area contributed by atoms with Crippen LogP contribution >= 0.6 is 0 Å². The summed E-state index contributed by atoms with van der Waals surface area (Å²) in [6, 6.07) is 7.57. The Labute approximate surface area is 232 Å². The average molecular weight is 553 g/mol. The van der Waals surface area contributed by atoms with Crippen LogP contribution in [0.15, 0.2) is 28.8 Å². The first-order valence-electron chi connectivity index (χ1n) is 13.5. The van der Waals surface area contributed by atoms with Crippen LogP contribution in [0.3, 0.4) is 0 Å². The van der Waals surface area contributed by atoms with Gasteiger partial charge in [0.15, 0.2) is 0 Å². The molecule has 1 unspecified atom stereocenters. The lowest BCUT2D eigenvalue weighted by atomic mass is 9.98. The fourth-order valence-corrected chi connectivity index (χ4v) is 5.18. The highest BCUT2D eigenvalue weighted by atomic mass is 16.5. The van der Waals surface area contributed by atoms with Gasteiger partial charge in [-0.15, -0.1) is 0 Å². The molecule has 3 aromatic rings. The molecule has 1 fully saturated rings. The first kappa shape index (κ1) is 29.0. The van der Waals surface area contributed by atoms with E-state index in [2.05, 4.69) is 15.1 Å². The second kappa shape index (κ2) is 12.9. The molecule has 2 aromatic heterocycles. The van der Waals surface area contributed by atoms with Gasteiger partial charge in [-0.2, -0.15) is 4.98 Å². The molecule has 0 bridgehead atoms. The van der Waals surface area contributed by atoms with E-state index in [0.29, 0.717) is 35.7 Å². The number of amides is 1. The fourth-order valence-electron chi connectivity index (χ4n) is 5.18. The molecule has 40 heavy (non-hydrogen) atoms. The first-order valence-corrected chi connectivity index (χ1v) is 13.5. The number of primary amides is 1. The van der Waals surface area contributed by atoms with E-state index in [1.54, 1.807) is 13.2 Å². The van der Waals surface area contributed by atoms with Crippen LogP contribution in [-0.2, 0) is 16.0 Å². The average Bonchev–Trinajstić information content (AvgIpc) is 3.64. The van der Waals surface area contributed by atoms with E-state index in [0.717, 1.165) is 40.8 Å². The summed E-state index contributed by atoms with van der Waals surface area (Å²) in [5, 5.41) is 23.9. The summed E-state index contributed by atoms with van der Waals surface area (Å²) in [4.78, 5) is 31.8. The van der Waals surface area contributed by atoms with E-state index >= 15 is 0 Å². The Bertz CT molecular complexity index is 1350. The number of carboxylic acids is 1. The van der Waals surface area contributed by atoms with Crippen molar-refractivity contribution in [2.75, 3.05) is 13.7 Å². The van der Waals surface area contributed by atoms with Crippen molar-refractivity contribution in [3.05, 3.63) is 41.1 Å². The summed E-state index contributed by atoms with van der Waals surface area (Å²) >= 11 is 0. The van der Waals surface area contributed by atoms with Crippen molar-refractivity contribution in [3.8, 4) is 34.5 Å². The van der Waals surface area contributed by atoms with Crippen LogP contribution in [0, 0.1) is 12.8 Å². The van der Waals surface area contributed by atoms with Crippen LogP contribution in [0.4, 0.5) is 0 Å². The monoisotopic (exact) mass is 552 g/mol. The number of hydrogen-bond donors (Lipinski definition) is 3. The number of nitrogens with two attached hydrogens (primary N) is 1. The maximum absolute atomic E-state index is 11.4. The van der Waals surface area contributed by atoms with Gasteiger partial charge in [0, 0.05) is 35.2 Å². The Morgan fingerprint density at radius 1 is 1.15 bits per heavy atom. The molecule has 1 aliphatic carbocycles. The van der Waals surface area contributed by atoms with Crippen molar-refractivity contribution in [2.24, 2.45) is 11.7 Å². The number of benzene rings is 1. The molecule has 0 saturated heterocycles. The largest absolute Gasteiger partial charge is 0.490 e. The van der Waals surface area contributed by atoms with Gasteiger partial charge < -0.3 is 29.9 Å². The number of methoxy groups -OCH3 is 1. The van der Waals surface area contributed by atoms with Gasteiger partial charge in [0.1, 0.15) is 12.4 Å². The van der Waals surface area contributed by atoms with Crippen LogP contribution in [-0.4, -0.2) is 57.0 Å². The van der Waals surface area contributed by atoms with Crippen LogP contribution in [0.25, 0.3) is 22.8 Å². The Balaban J connectivity index is 1.52. The minimum absolute atomic E-state index is 0.130. The molecule has 4 rings (SSSR count). The molecule has 1 amide bonds. The summed E-state index contributed by atoms with van der Waals surface area (Å²) in [6.45, 7) is 3.72. The van der Waals surface area contributed by atoms with Gasteiger partial charge in [-0.1, -0.05) is 24.9 Å². The number of carbonyl (C=O) groups excluding carboxylic acids is 1. The molecule has 1 saturated carbocycles. The number of aliphatic hydroxyl groups is 1. The maximum atomic E-state index is 11.4. The summed E-state index contributed by atoms with van der Waals surface area (Å²) in [5.41, 5.74) is 9.28. The number of nitrogens with zero attached hydrogens (tertiary/aromatic N) is 3. The third-order valence-electron chi connectivity index (χ3n) is 7.24. The smallest absolute Gasteiger partial charge is 0.307 e. The van der Waals surface area contributed by atoms with Gasteiger partial charge in [-0.3, -0.25) is 9.59 Å². The number of carbonyl (C=O) groups is 2. The molecule has 0 aliphatic heterocycles. The third kappa shape index (κ3) is 6.95. The molecular formula is C29H36N4O7. The normalized spacial score (nSPS) is 15.1. The topological polar surface area (TPSA) is 171 Å². The van der Waals surface area contributed by atoms with Crippen molar-refractivity contribution < 1.29 is 33.8 Å². The van der Waals surface area contributed by atoms with Crippen molar-refractivity contribution in [1.29, 1.82) is 0 Å². The number of aryl methyl sites for hydroxylation is 2. The van der Waals surface area contributed by atoms with Crippen molar-refractivity contribution in [3.63, 3.8) is 0 Å². The zero-order valence-corrected chi connectivity index (χ0v) is 23.1. The number of rotatable bonds is 13. The second-order valence-corrected chi connectivity index (χ2v) is 10.3. The Hall–Kier alpha value is -3.99. The van der Waals surface area contributed by atoms with Crippen molar-refractivity contribution in [1.82, 2.24) is 15.1 Å². The minimum atomic E-state index is -1.19. The zero-order valence-electron chi connectivity index (χ0n) is 23.1. The van der Waals surface area contributed by atoms with Crippen molar-refractivity contribution in [2.45, 2.75) is 70.8 Å². The molecule has 0 spiro atoms. The van der Waals surface area contributed by atoms with Crippen molar-refractivity contribution >= 4 is 11.9 Å². The second-order valence-electron chi connectivity index (χ2n) is 10.3. The standard InChI is InChI=1S/C29H36N4O7/c1-4-17-10-19(9-16(2)26(17)39-15-22(34)11-21(29(36)37)13-24(30)35)27-32-28(40-33-27)20-12-23(18-7-5-6-8-18)31-25(14-20)38-3/h9-10,12,14,18,21-22,34H,4-8,11,13,15H2,1-3H3,(H2,30,35)(H,36,37)/t21?,22-/m0/s1. The van der Waals surface area contributed by atoms with Gasteiger partial charge in [0.2, 0.25) is 17.6 Å². The number of aromatic nitrogens is 3. The molecular weight excluding hydrogens is 516 g/mol. The zero-order chi connectivity index (χ0) is 28.8. The molecule has 1 aromatic carbocycles. The van der Waals surface area contributed by atoms with E-state index < -0.39 is 23.9 Å². The highest BCUT2D eigenvalue weighted by Crippen LogP contribution is 2.36. The number of aliphatic hydroxyl groups excluding tert-OH is 1. The van der Waals surface area contributed by atoms with E-state index in [-0.39, 0.29) is 19.4 Å². The lowest BCUT2D eigenvalue weighted by Crippen LogP contribution is -2.29. The quantitative estimate of drug-likeness (QED) is 0.281. The number of ether oxygens (including phenoxy) is 2. The molecule has 4 N–H and O–H groups in total. The summed E-state index contributed by atoms with van der Waals surface area (Å²) in [6.07, 6.45) is 3.65. The maximum Gasteiger partial charge on any atom is 0.307 e. The molecule has 1 aliphatic rings. The Kier molecular flexibility index (Phi) is 9.36. The molecule has 0 radical (unpaired) electrons. The van der Waals surface area contributed by atoms with Gasteiger partial charge >= 0.3 is 5.97 Å². The van der Waals surface area contributed by atoms with Gasteiger partial charge in [0.25, 0.3) is 5.89 Å². The number of pyridine rings is 1. The molecule has 11 heteroatoms. The number of hydrogen-bond acceptors (Lipinski definition) is 9. The van der Waals surface area contributed by atoms with Gasteiger partial charge in [-0.25, -0.2) is 4.98 Å². The predicted molar refractivity (Wildman–Crippen MR) is 146 cm³/mol. The fraction of sp³-hybridized carbons (Fsp3) is 0.483. The minimum Gasteiger partial charge on any atom is -0.490 e. The highest BCUT2D eigenvalue weighted by Gasteiger charge is 2.25. The first-order chi connectivity index (χ1) is 19.2. The Morgan fingerprint density at radius 3 is 2.55 bits per heavy atom. The molecule has 11 nitrogen and oxygen atoms in total. The molecule has 2 heterocycles. The number of aliphatic carboxylic acids is 1. The van der Waals surface area contributed by atoms with Gasteiger partial charge in [-0.05, 0) is 61.9 Å². The predicted octanol–water partition coefficient (Wildman–Crippen LogP) is 4.04. The third-order valence-corrected chi connectivity index (χ3v) is 7.24. The SMILES string of the molecule is CCc1cc(-c2noc(-c3cc(OC)nc(C4CCCC4)c3)n2)cc(C)c1OC[C@@H](O)CC(CC(N)=O)C(=O)O. The van der Waals surface area contributed by atoms with E-state index in [9.17, 15) is 19.8 Å². The summed E-state index contributed by atoms with van der Waals surface area (Å²) in [7, 11) is 1.59. The van der Waals surface area contributed by atoms with Crippen LogP contribution in [0.2, 0.25) is 0 Å². The summed E-state index contributed by atoms with van der Waals surface area (Å²) in [5.74, 6) is -0.699. The molecule has 214 valence electrons. The lowest BCUT2D eigenvalue weighted by molar-refractivity contribution is -0.145. The number of carboxylic acid groups (broad SMARTS) is 1. The van der Waals surface area contributed by atoms with Crippen LogP contribution < -0.4 is 15.2 Å². The Morgan fingerprint density at radius 2 is 1.90 bits per heavy atom. The highest BCUT2D eigenvalue weighted by molar-refractivity contribution is 5.81. The lowest BCUT2D eigenvalue weighted by Gasteiger charge is -2.19. The van der Waals surface area contributed by atoms with E-state index in [4.69, 9.17) is 19.7 Å². The van der Waals surface area contributed by atoms with E-state index in [1.165, 1.54) is 12.8 Å².